The van der Waals surface area contributed by atoms with Crippen molar-refractivity contribution in [2.45, 2.75) is 6.92 Å². The van der Waals surface area contributed by atoms with Crippen LogP contribution in [0.4, 0.5) is 5.82 Å². The molecular weight excluding hydrogens is 322 g/mol. The van der Waals surface area contributed by atoms with E-state index in [1.165, 1.54) is 0 Å². The van der Waals surface area contributed by atoms with Gasteiger partial charge < -0.3 is 5.73 Å². The zero-order valence-electron chi connectivity index (χ0n) is 14.1. The number of pyridine rings is 3. The van der Waals surface area contributed by atoms with Gasteiger partial charge in [-0.15, -0.1) is 0 Å². The van der Waals surface area contributed by atoms with E-state index in [0.717, 1.165) is 33.2 Å². The van der Waals surface area contributed by atoms with E-state index in [1.807, 2.05) is 49.4 Å². The second kappa shape index (κ2) is 6.26. The van der Waals surface area contributed by atoms with Gasteiger partial charge in [0.1, 0.15) is 17.5 Å². The Balaban J connectivity index is 2.08. The van der Waals surface area contributed by atoms with Gasteiger partial charge in [0.05, 0.1) is 11.2 Å². The molecule has 5 heteroatoms. The number of aryl methyl sites for hydroxylation is 1. The Morgan fingerprint density at radius 2 is 1.92 bits per heavy atom. The molecule has 26 heavy (non-hydrogen) atoms. The van der Waals surface area contributed by atoms with Gasteiger partial charge in [-0.2, -0.15) is 5.26 Å². The minimum absolute atomic E-state index is 0.212. The third-order valence-corrected chi connectivity index (χ3v) is 4.38. The number of aromatic nitrogens is 3. The largest absolute Gasteiger partial charge is 0.383 e. The molecule has 2 N–H and O–H groups in total. The monoisotopic (exact) mass is 337 g/mol. The summed E-state index contributed by atoms with van der Waals surface area (Å²) in [6.45, 7) is 2.02. The van der Waals surface area contributed by atoms with Crippen LogP contribution in [0.3, 0.4) is 0 Å². The number of hydrogen-bond donors (Lipinski definition) is 1. The molecule has 0 amide bonds. The molecule has 0 spiro atoms. The Kier molecular flexibility index (Phi) is 3.79. The average Bonchev–Trinajstić information content (AvgIpc) is 2.68. The van der Waals surface area contributed by atoms with Crippen LogP contribution in [0.15, 0.2) is 61.1 Å². The van der Waals surface area contributed by atoms with Gasteiger partial charge >= 0.3 is 0 Å². The van der Waals surface area contributed by atoms with Crippen molar-refractivity contribution in [3.8, 4) is 28.5 Å². The Morgan fingerprint density at radius 1 is 1.08 bits per heavy atom. The van der Waals surface area contributed by atoms with Crippen molar-refractivity contribution in [3.05, 3.63) is 72.2 Å². The quantitative estimate of drug-likeness (QED) is 0.594. The molecule has 1 aromatic carbocycles. The molecule has 0 aliphatic rings. The summed E-state index contributed by atoms with van der Waals surface area (Å²) in [4.78, 5) is 13.0. The van der Waals surface area contributed by atoms with Crippen LogP contribution in [0.25, 0.3) is 33.3 Å². The van der Waals surface area contributed by atoms with E-state index < -0.39 is 0 Å². The second-order valence-corrected chi connectivity index (χ2v) is 6.00. The van der Waals surface area contributed by atoms with Crippen molar-refractivity contribution in [1.82, 2.24) is 15.0 Å². The molecule has 3 heterocycles. The van der Waals surface area contributed by atoms with E-state index in [2.05, 4.69) is 21.0 Å². The van der Waals surface area contributed by atoms with Gasteiger partial charge in [-0.3, -0.25) is 9.97 Å². The average molecular weight is 337 g/mol. The lowest BCUT2D eigenvalue weighted by molar-refractivity contribution is 1.27. The SMILES string of the molecule is Cc1ccc2ncccc2c1-c1cc(-c2cccnc2)nc(N)c1C#N. The van der Waals surface area contributed by atoms with Crippen LogP contribution in [0.2, 0.25) is 0 Å². The van der Waals surface area contributed by atoms with E-state index in [9.17, 15) is 5.26 Å². The molecule has 0 bridgehead atoms. The number of anilines is 1. The molecule has 0 saturated carbocycles. The van der Waals surface area contributed by atoms with Gasteiger partial charge in [-0.1, -0.05) is 12.1 Å². The molecule has 5 nitrogen and oxygen atoms in total. The molecule has 0 saturated heterocycles. The number of fused-ring (bicyclic) bond motifs is 1. The first kappa shape index (κ1) is 15.7. The van der Waals surface area contributed by atoms with Crippen molar-refractivity contribution < 1.29 is 0 Å². The molecule has 124 valence electrons. The number of nitrogens with zero attached hydrogens (tertiary/aromatic N) is 4. The first-order valence-electron chi connectivity index (χ1n) is 8.15. The summed E-state index contributed by atoms with van der Waals surface area (Å²) in [5, 5.41) is 10.7. The Hall–Kier alpha value is -3.78. The van der Waals surface area contributed by atoms with Crippen LogP contribution in [0, 0.1) is 18.3 Å². The fraction of sp³-hybridized carbons (Fsp3) is 0.0476. The van der Waals surface area contributed by atoms with Gasteiger partial charge in [-0.05, 0) is 48.4 Å². The normalized spacial score (nSPS) is 10.6. The minimum atomic E-state index is 0.212. The molecule has 0 atom stereocenters. The second-order valence-electron chi connectivity index (χ2n) is 6.00. The van der Waals surface area contributed by atoms with Crippen LogP contribution in [-0.4, -0.2) is 15.0 Å². The van der Waals surface area contributed by atoms with Crippen molar-refractivity contribution in [3.63, 3.8) is 0 Å². The molecule has 0 unspecified atom stereocenters. The van der Waals surface area contributed by atoms with E-state index >= 15 is 0 Å². The van der Waals surface area contributed by atoms with Gasteiger partial charge in [-0.25, -0.2) is 4.98 Å². The highest BCUT2D eigenvalue weighted by Crippen LogP contribution is 2.36. The van der Waals surface area contributed by atoms with Gasteiger partial charge in [0.15, 0.2) is 0 Å². The fourth-order valence-electron chi connectivity index (χ4n) is 3.16. The van der Waals surface area contributed by atoms with Gasteiger partial charge in [0.2, 0.25) is 0 Å². The number of hydrogen-bond acceptors (Lipinski definition) is 5. The van der Waals surface area contributed by atoms with Crippen LogP contribution >= 0.6 is 0 Å². The lowest BCUT2D eigenvalue weighted by Gasteiger charge is -2.14. The molecule has 0 aliphatic heterocycles. The summed E-state index contributed by atoms with van der Waals surface area (Å²) in [7, 11) is 0. The first-order chi connectivity index (χ1) is 12.7. The molecule has 3 aromatic heterocycles. The standard InChI is InChI=1S/C21H15N5/c1-13-6-7-18-15(5-3-9-25-18)20(13)16-10-19(14-4-2-8-24-12-14)26-21(23)17(16)11-22/h2-10,12H,1H3,(H2,23,26). The Bertz CT molecular complexity index is 1160. The number of benzene rings is 1. The zero-order chi connectivity index (χ0) is 18.1. The maximum Gasteiger partial charge on any atom is 0.142 e. The molecule has 4 aromatic rings. The highest BCUT2D eigenvalue weighted by atomic mass is 14.9. The topological polar surface area (TPSA) is 88.5 Å². The predicted octanol–water partition coefficient (Wildman–Crippen LogP) is 4.12. The van der Waals surface area contributed by atoms with Gasteiger partial charge in [0, 0.05) is 35.1 Å². The maximum atomic E-state index is 9.69. The van der Waals surface area contributed by atoms with Gasteiger partial charge in [0.25, 0.3) is 0 Å². The van der Waals surface area contributed by atoms with Crippen LogP contribution in [0.5, 0.6) is 0 Å². The highest BCUT2D eigenvalue weighted by Gasteiger charge is 2.17. The third-order valence-electron chi connectivity index (χ3n) is 4.38. The summed E-state index contributed by atoms with van der Waals surface area (Å²) in [5.74, 6) is 0.212. The number of nitrogens with two attached hydrogens (primary N) is 1. The first-order valence-corrected chi connectivity index (χ1v) is 8.15. The summed E-state index contributed by atoms with van der Waals surface area (Å²) in [5.41, 5.74) is 11.7. The number of rotatable bonds is 2. The number of nitrogen functional groups attached to an aromatic ring is 1. The van der Waals surface area contributed by atoms with Crippen molar-refractivity contribution >= 4 is 16.7 Å². The predicted molar refractivity (Wildman–Crippen MR) is 102 cm³/mol. The zero-order valence-corrected chi connectivity index (χ0v) is 14.1. The van der Waals surface area contributed by atoms with Crippen LogP contribution in [-0.2, 0) is 0 Å². The lowest BCUT2D eigenvalue weighted by atomic mass is 9.92. The molecule has 0 fully saturated rings. The Labute approximate surface area is 150 Å². The van der Waals surface area contributed by atoms with Crippen LogP contribution in [0.1, 0.15) is 11.1 Å². The fourth-order valence-corrected chi connectivity index (χ4v) is 3.16. The summed E-state index contributed by atoms with van der Waals surface area (Å²) in [6.07, 6.45) is 5.20. The highest BCUT2D eigenvalue weighted by molar-refractivity contribution is 5.99. The summed E-state index contributed by atoms with van der Waals surface area (Å²) in [6, 6.07) is 15.8. The third kappa shape index (κ3) is 2.54. The molecular formula is C21H15N5. The summed E-state index contributed by atoms with van der Waals surface area (Å²) >= 11 is 0. The number of nitriles is 1. The van der Waals surface area contributed by atoms with E-state index in [4.69, 9.17) is 5.73 Å². The van der Waals surface area contributed by atoms with E-state index in [0.29, 0.717) is 11.3 Å². The molecule has 4 rings (SSSR count). The van der Waals surface area contributed by atoms with Crippen molar-refractivity contribution in [2.75, 3.05) is 5.73 Å². The molecule has 0 aliphatic carbocycles. The lowest BCUT2D eigenvalue weighted by Crippen LogP contribution is -2.01. The van der Waals surface area contributed by atoms with Crippen LogP contribution < -0.4 is 5.73 Å². The van der Waals surface area contributed by atoms with Crippen molar-refractivity contribution in [1.29, 1.82) is 5.26 Å². The minimum Gasteiger partial charge on any atom is -0.383 e. The molecule has 0 radical (unpaired) electrons. The van der Waals surface area contributed by atoms with Crippen molar-refractivity contribution in [2.24, 2.45) is 0 Å². The van der Waals surface area contributed by atoms with E-state index in [-0.39, 0.29) is 5.82 Å². The Morgan fingerprint density at radius 3 is 2.69 bits per heavy atom. The maximum absolute atomic E-state index is 9.69. The van der Waals surface area contributed by atoms with E-state index in [1.54, 1.807) is 18.6 Å². The summed E-state index contributed by atoms with van der Waals surface area (Å²) < 4.78 is 0. The smallest absolute Gasteiger partial charge is 0.142 e.